The number of ether oxygens (including phenoxy) is 1. The smallest absolute Gasteiger partial charge is 0.0593 e. The molecule has 1 aliphatic heterocycles. The average Bonchev–Trinajstić information content (AvgIpc) is 3.03. The molecule has 0 aromatic heterocycles. The lowest BCUT2D eigenvalue weighted by atomic mass is 9.86. The quantitative estimate of drug-likeness (QED) is 0.494. The van der Waals surface area contributed by atoms with E-state index in [0.717, 1.165) is 24.4 Å². The lowest BCUT2D eigenvalue weighted by Crippen LogP contribution is -2.08. The number of rotatable bonds is 6. The summed E-state index contributed by atoms with van der Waals surface area (Å²) >= 11 is 2.03. The summed E-state index contributed by atoms with van der Waals surface area (Å²) in [5.74, 6) is 2.37. The van der Waals surface area contributed by atoms with E-state index < -0.39 is 0 Å². The second-order valence-electron chi connectivity index (χ2n) is 4.68. The first-order valence-electron chi connectivity index (χ1n) is 6.14. The monoisotopic (exact) mass is 214 g/mol. The van der Waals surface area contributed by atoms with Crippen LogP contribution < -0.4 is 0 Å². The highest BCUT2D eigenvalue weighted by Gasteiger charge is 2.22. The van der Waals surface area contributed by atoms with Crippen LogP contribution in [-0.2, 0) is 4.74 Å². The van der Waals surface area contributed by atoms with Crippen molar-refractivity contribution >= 4 is 11.8 Å². The van der Waals surface area contributed by atoms with Gasteiger partial charge >= 0.3 is 0 Å². The molecule has 0 N–H and O–H groups in total. The Morgan fingerprint density at radius 2 is 1.93 bits per heavy atom. The molecule has 2 aliphatic rings. The molecule has 0 aromatic rings. The second-order valence-corrected chi connectivity index (χ2v) is 6.01. The maximum Gasteiger partial charge on any atom is 0.0593 e. The van der Waals surface area contributed by atoms with E-state index in [2.05, 4.69) is 0 Å². The zero-order valence-corrected chi connectivity index (χ0v) is 9.86. The van der Waals surface area contributed by atoms with Crippen LogP contribution in [0.1, 0.15) is 44.9 Å². The molecule has 0 radical (unpaired) electrons. The Morgan fingerprint density at radius 1 is 1.14 bits per heavy atom. The Morgan fingerprint density at radius 3 is 2.64 bits per heavy atom. The van der Waals surface area contributed by atoms with Crippen molar-refractivity contribution in [3.8, 4) is 0 Å². The fourth-order valence-electron chi connectivity index (χ4n) is 2.33. The molecule has 1 saturated heterocycles. The molecule has 0 amide bonds. The molecule has 1 unspecified atom stereocenters. The zero-order valence-electron chi connectivity index (χ0n) is 9.04. The Labute approximate surface area is 92.0 Å². The van der Waals surface area contributed by atoms with Crippen LogP contribution in [0.4, 0.5) is 0 Å². The van der Waals surface area contributed by atoms with Gasteiger partial charge in [-0.1, -0.05) is 32.1 Å². The maximum absolute atomic E-state index is 5.63. The summed E-state index contributed by atoms with van der Waals surface area (Å²) in [5.41, 5.74) is 0. The van der Waals surface area contributed by atoms with Crippen molar-refractivity contribution in [3.63, 3.8) is 0 Å². The van der Waals surface area contributed by atoms with Crippen molar-refractivity contribution in [2.24, 2.45) is 5.92 Å². The average molecular weight is 214 g/mol. The van der Waals surface area contributed by atoms with Crippen molar-refractivity contribution in [3.05, 3.63) is 0 Å². The van der Waals surface area contributed by atoms with Gasteiger partial charge in [-0.15, -0.1) is 0 Å². The van der Waals surface area contributed by atoms with Gasteiger partial charge < -0.3 is 4.74 Å². The van der Waals surface area contributed by atoms with Gasteiger partial charge in [0.15, 0.2) is 0 Å². The van der Waals surface area contributed by atoms with E-state index in [4.69, 9.17) is 4.74 Å². The highest BCUT2D eigenvalue weighted by molar-refractivity contribution is 8.06. The van der Waals surface area contributed by atoms with Crippen LogP contribution in [0.2, 0.25) is 0 Å². The standard InChI is InChI=1S/C12H22OS/c1-2-5-11(6-3-1)7-4-8-13-9-12-10-14-12/h11-12H,1-10H2. The molecule has 14 heavy (non-hydrogen) atoms. The summed E-state index contributed by atoms with van der Waals surface area (Å²) < 4.78 is 5.63. The van der Waals surface area contributed by atoms with Gasteiger partial charge in [0.1, 0.15) is 0 Å². The van der Waals surface area contributed by atoms with E-state index in [-0.39, 0.29) is 0 Å². The maximum atomic E-state index is 5.63. The van der Waals surface area contributed by atoms with E-state index in [1.165, 1.54) is 50.7 Å². The van der Waals surface area contributed by atoms with E-state index in [1.807, 2.05) is 11.8 Å². The molecular weight excluding hydrogens is 192 g/mol. The molecule has 0 aromatic carbocycles. The van der Waals surface area contributed by atoms with Crippen molar-refractivity contribution in [1.29, 1.82) is 0 Å². The Bertz CT molecular complexity index is 150. The molecule has 0 spiro atoms. The SMILES string of the molecule is C1CCC(CCCOCC2CS2)CC1. The molecule has 2 heteroatoms. The first-order chi connectivity index (χ1) is 6.95. The molecule has 1 saturated carbocycles. The highest BCUT2D eigenvalue weighted by Crippen LogP contribution is 2.30. The Hall–Kier alpha value is 0.310. The van der Waals surface area contributed by atoms with Crippen molar-refractivity contribution in [2.45, 2.75) is 50.2 Å². The van der Waals surface area contributed by atoms with Crippen LogP contribution in [0.25, 0.3) is 0 Å². The Kier molecular flexibility index (Phi) is 4.65. The third-order valence-corrected chi connectivity index (χ3v) is 4.27. The summed E-state index contributed by atoms with van der Waals surface area (Å²) in [7, 11) is 0. The molecule has 82 valence electrons. The van der Waals surface area contributed by atoms with Gasteiger partial charge in [0.25, 0.3) is 0 Å². The highest BCUT2D eigenvalue weighted by atomic mass is 32.2. The van der Waals surface area contributed by atoms with E-state index in [1.54, 1.807) is 0 Å². The van der Waals surface area contributed by atoms with Gasteiger partial charge in [-0.2, -0.15) is 11.8 Å². The first-order valence-corrected chi connectivity index (χ1v) is 7.19. The molecular formula is C12H22OS. The van der Waals surface area contributed by atoms with E-state index >= 15 is 0 Å². The molecule has 2 rings (SSSR count). The van der Waals surface area contributed by atoms with Crippen molar-refractivity contribution in [1.82, 2.24) is 0 Å². The Balaban J connectivity index is 1.41. The van der Waals surface area contributed by atoms with Crippen LogP contribution in [0.5, 0.6) is 0 Å². The molecule has 1 heterocycles. The lowest BCUT2D eigenvalue weighted by Gasteiger charge is -2.21. The minimum absolute atomic E-state index is 0.852. The van der Waals surface area contributed by atoms with Gasteiger partial charge in [0.05, 0.1) is 6.61 Å². The minimum atomic E-state index is 0.852. The summed E-state index contributed by atoms with van der Waals surface area (Å²) in [5, 5.41) is 0.852. The number of thioether (sulfide) groups is 1. The predicted molar refractivity (Wildman–Crippen MR) is 62.9 cm³/mol. The number of hydrogen-bond acceptors (Lipinski definition) is 2. The molecule has 1 atom stereocenters. The second kappa shape index (κ2) is 6.02. The van der Waals surface area contributed by atoms with Gasteiger partial charge in [0, 0.05) is 17.6 Å². The topological polar surface area (TPSA) is 9.23 Å². The van der Waals surface area contributed by atoms with Gasteiger partial charge in [-0.25, -0.2) is 0 Å². The molecule has 1 aliphatic carbocycles. The van der Waals surface area contributed by atoms with Crippen LogP contribution in [0.15, 0.2) is 0 Å². The van der Waals surface area contributed by atoms with Crippen molar-refractivity contribution < 1.29 is 4.74 Å². The zero-order chi connectivity index (χ0) is 9.64. The van der Waals surface area contributed by atoms with Crippen LogP contribution in [0.3, 0.4) is 0 Å². The largest absolute Gasteiger partial charge is 0.380 e. The normalized spacial score (nSPS) is 27.9. The van der Waals surface area contributed by atoms with Crippen LogP contribution in [-0.4, -0.2) is 24.2 Å². The lowest BCUT2D eigenvalue weighted by molar-refractivity contribution is 0.131. The van der Waals surface area contributed by atoms with Crippen molar-refractivity contribution in [2.75, 3.05) is 19.0 Å². The van der Waals surface area contributed by atoms with Crippen LogP contribution in [0, 0.1) is 5.92 Å². The van der Waals surface area contributed by atoms with E-state index in [0.29, 0.717) is 0 Å². The first kappa shape index (κ1) is 10.8. The fraction of sp³-hybridized carbons (Fsp3) is 1.00. The summed E-state index contributed by atoms with van der Waals surface area (Å²) in [6, 6.07) is 0. The predicted octanol–water partition coefficient (Wildman–Crippen LogP) is 3.48. The van der Waals surface area contributed by atoms with E-state index in [9.17, 15) is 0 Å². The van der Waals surface area contributed by atoms with Gasteiger partial charge in [-0.3, -0.25) is 0 Å². The summed E-state index contributed by atoms with van der Waals surface area (Å²) in [6.07, 6.45) is 10.1. The number of hydrogen-bond donors (Lipinski definition) is 0. The minimum Gasteiger partial charge on any atom is -0.380 e. The molecule has 1 nitrogen and oxygen atoms in total. The molecule has 0 bridgehead atoms. The fourth-order valence-corrected chi connectivity index (χ4v) is 2.75. The third kappa shape index (κ3) is 4.22. The van der Waals surface area contributed by atoms with Crippen LogP contribution >= 0.6 is 11.8 Å². The van der Waals surface area contributed by atoms with Gasteiger partial charge in [-0.05, 0) is 18.8 Å². The molecule has 2 fully saturated rings. The van der Waals surface area contributed by atoms with Gasteiger partial charge in [0.2, 0.25) is 0 Å². The summed E-state index contributed by atoms with van der Waals surface area (Å²) in [6.45, 7) is 2.02. The third-order valence-electron chi connectivity index (χ3n) is 3.33. The summed E-state index contributed by atoms with van der Waals surface area (Å²) in [4.78, 5) is 0.